The Kier molecular flexibility index (Phi) is 9.13. The molecule has 0 bridgehead atoms. The summed E-state index contributed by atoms with van der Waals surface area (Å²) in [7, 11) is 3.65. The third-order valence-corrected chi connectivity index (χ3v) is 1.29. The van der Waals surface area contributed by atoms with Crippen molar-refractivity contribution in [1.29, 1.82) is 0 Å². The van der Waals surface area contributed by atoms with Crippen molar-refractivity contribution < 1.29 is 0 Å². The minimum atomic E-state index is 0.730. The van der Waals surface area contributed by atoms with E-state index in [4.69, 9.17) is 0 Å². The van der Waals surface area contributed by atoms with E-state index >= 15 is 0 Å². The minimum Gasteiger partial charge on any atom is -0.379 e. The van der Waals surface area contributed by atoms with Gasteiger partial charge in [0.1, 0.15) is 0 Å². The summed E-state index contributed by atoms with van der Waals surface area (Å²) in [6.45, 7) is 4.22. The Morgan fingerprint density at radius 1 is 1.33 bits per heavy atom. The highest BCUT2D eigenvalue weighted by atomic mass is 15.2. The quantitative estimate of drug-likeness (QED) is 0.364. The topological polar surface area (TPSA) is 61.1 Å². The molecule has 0 saturated heterocycles. The Morgan fingerprint density at radius 3 is 2.73 bits per heavy atom. The number of nitrogens with zero attached hydrogens (tertiary/aromatic N) is 3. The zero-order valence-electron chi connectivity index (χ0n) is 9.14. The SMILES string of the molecule is C=C\C=N/N=C/C(=C/CNC)/N=C\NC. The van der Waals surface area contributed by atoms with Crippen LogP contribution in [-0.4, -0.2) is 39.4 Å². The summed E-state index contributed by atoms with van der Waals surface area (Å²) in [5.74, 6) is 0. The summed E-state index contributed by atoms with van der Waals surface area (Å²) in [6, 6.07) is 0. The maximum absolute atomic E-state index is 4.11. The van der Waals surface area contributed by atoms with E-state index in [9.17, 15) is 0 Å². The Labute approximate surface area is 90.4 Å². The van der Waals surface area contributed by atoms with Gasteiger partial charge in [-0.2, -0.15) is 10.2 Å². The highest BCUT2D eigenvalue weighted by Gasteiger charge is 1.86. The lowest BCUT2D eigenvalue weighted by atomic mass is 10.4. The fraction of sp³-hybridized carbons (Fsp3) is 0.300. The van der Waals surface area contributed by atoms with E-state index in [-0.39, 0.29) is 0 Å². The molecule has 0 heterocycles. The van der Waals surface area contributed by atoms with E-state index in [1.807, 2.05) is 13.1 Å². The molecule has 0 aromatic carbocycles. The number of rotatable bonds is 7. The van der Waals surface area contributed by atoms with Gasteiger partial charge in [-0.1, -0.05) is 6.58 Å². The molecule has 2 N–H and O–H groups in total. The van der Waals surface area contributed by atoms with Crippen molar-refractivity contribution in [3.05, 3.63) is 24.4 Å². The van der Waals surface area contributed by atoms with E-state index in [1.54, 1.807) is 25.7 Å². The average Bonchev–Trinajstić information content (AvgIpc) is 2.27. The first-order valence-electron chi connectivity index (χ1n) is 4.57. The number of aliphatic imine (C=N–C) groups is 1. The zero-order chi connectivity index (χ0) is 11.4. The summed E-state index contributed by atoms with van der Waals surface area (Å²) < 4.78 is 0. The lowest BCUT2D eigenvalue weighted by Gasteiger charge is -1.93. The Balaban J connectivity index is 4.35. The third-order valence-electron chi connectivity index (χ3n) is 1.29. The van der Waals surface area contributed by atoms with Gasteiger partial charge in [-0.15, -0.1) is 0 Å². The van der Waals surface area contributed by atoms with Crippen molar-refractivity contribution in [2.24, 2.45) is 15.2 Å². The van der Waals surface area contributed by atoms with Crippen LogP contribution in [0, 0.1) is 0 Å². The molecule has 5 heteroatoms. The molecule has 0 radical (unpaired) electrons. The van der Waals surface area contributed by atoms with E-state index in [0.29, 0.717) is 0 Å². The van der Waals surface area contributed by atoms with Gasteiger partial charge in [0.05, 0.1) is 18.3 Å². The molecule has 0 aromatic heterocycles. The Morgan fingerprint density at radius 2 is 2.13 bits per heavy atom. The van der Waals surface area contributed by atoms with E-state index in [1.165, 1.54) is 6.21 Å². The van der Waals surface area contributed by atoms with Crippen LogP contribution in [0.3, 0.4) is 0 Å². The maximum atomic E-state index is 4.11. The molecule has 0 aliphatic rings. The van der Waals surface area contributed by atoms with Crippen molar-refractivity contribution in [1.82, 2.24) is 10.6 Å². The van der Waals surface area contributed by atoms with Crippen molar-refractivity contribution in [3.8, 4) is 0 Å². The van der Waals surface area contributed by atoms with Crippen LogP contribution in [0.1, 0.15) is 0 Å². The second-order valence-electron chi connectivity index (χ2n) is 2.48. The average molecular weight is 207 g/mol. The summed E-state index contributed by atoms with van der Waals surface area (Å²) >= 11 is 0. The minimum absolute atomic E-state index is 0.730. The van der Waals surface area contributed by atoms with Crippen LogP contribution in [0.4, 0.5) is 0 Å². The molecule has 0 rings (SSSR count). The molecule has 0 aliphatic carbocycles. The monoisotopic (exact) mass is 207 g/mol. The van der Waals surface area contributed by atoms with Crippen LogP contribution in [0.5, 0.6) is 0 Å². The van der Waals surface area contributed by atoms with Crippen molar-refractivity contribution in [2.45, 2.75) is 0 Å². The van der Waals surface area contributed by atoms with E-state index in [2.05, 4.69) is 32.4 Å². The highest BCUT2D eigenvalue weighted by Crippen LogP contribution is 1.90. The van der Waals surface area contributed by atoms with Gasteiger partial charge in [0.2, 0.25) is 0 Å². The maximum Gasteiger partial charge on any atom is 0.0884 e. The molecular weight excluding hydrogens is 190 g/mol. The van der Waals surface area contributed by atoms with Crippen LogP contribution in [0.15, 0.2) is 39.6 Å². The van der Waals surface area contributed by atoms with Crippen LogP contribution in [0.2, 0.25) is 0 Å². The van der Waals surface area contributed by atoms with Crippen molar-refractivity contribution in [3.63, 3.8) is 0 Å². The molecule has 15 heavy (non-hydrogen) atoms. The molecule has 0 aliphatic heterocycles. The lowest BCUT2D eigenvalue weighted by Crippen LogP contribution is -2.06. The zero-order valence-corrected chi connectivity index (χ0v) is 9.14. The van der Waals surface area contributed by atoms with Crippen molar-refractivity contribution in [2.75, 3.05) is 20.6 Å². The van der Waals surface area contributed by atoms with Crippen LogP contribution in [0.25, 0.3) is 0 Å². The second kappa shape index (κ2) is 10.3. The molecule has 0 atom stereocenters. The van der Waals surface area contributed by atoms with Gasteiger partial charge in [-0.25, -0.2) is 4.99 Å². The summed E-state index contributed by atoms with van der Waals surface area (Å²) in [4.78, 5) is 4.11. The molecule has 0 saturated carbocycles. The molecule has 82 valence electrons. The Bertz CT molecular complexity index is 276. The first-order chi connectivity index (χ1) is 7.35. The first-order valence-corrected chi connectivity index (χ1v) is 4.57. The molecule has 0 amide bonds. The molecular formula is C10H17N5. The van der Waals surface area contributed by atoms with Crippen LogP contribution < -0.4 is 10.6 Å². The van der Waals surface area contributed by atoms with Gasteiger partial charge in [0.25, 0.3) is 0 Å². The van der Waals surface area contributed by atoms with Gasteiger partial charge in [0.15, 0.2) is 0 Å². The summed E-state index contributed by atoms with van der Waals surface area (Å²) in [6.07, 6.45) is 8.13. The summed E-state index contributed by atoms with van der Waals surface area (Å²) in [5.41, 5.74) is 0.736. The standard InChI is InChI=1S/C10H17N5/c1-4-6-14-15-8-10(5-7-11-2)13-9-12-3/h4-6,8-9,11H,1,7H2,2-3H3,(H,12,13)/b10-5-,14-6-,15-8+. The fourth-order valence-electron chi connectivity index (χ4n) is 0.663. The van der Waals surface area contributed by atoms with Gasteiger partial charge >= 0.3 is 0 Å². The van der Waals surface area contributed by atoms with Gasteiger partial charge in [0, 0.05) is 19.8 Å². The van der Waals surface area contributed by atoms with Crippen LogP contribution >= 0.6 is 0 Å². The van der Waals surface area contributed by atoms with Crippen molar-refractivity contribution >= 4 is 18.8 Å². The number of likely N-dealkylation sites (N-methyl/N-ethyl adjacent to an activating group) is 1. The lowest BCUT2D eigenvalue weighted by molar-refractivity contribution is 0.915. The van der Waals surface area contributed by atoms with Crippen LogP contribution in [-0.2, 0) is 0 Å². The van der Waals surface area contributed by atoms with Gasteiger partial charge in [-0.05, 0) is 19.2 Å². The molecule has 0 spiro atoms. The largest absolute Gasteiger partial charge is 0.379 e. The molecule has 0 fully saturated rings. The molecule has 0 unspecified atom stereocenters. The van der Waals surface area contributed by atoms with Gasteiger partial charge in [-0.3, -0.25) is 0 Å². The predicted octanol–water partition coefficient (Wildman–Crippen LogP) is 0.580. The summed E-state index contributed by atoms with van der Waals surface area (Å²) in [5, 5.41) is 13.3. The number of nitrogens with one attached hydrogen (secondary N) is 2. The second-order valence-corrected chi connectivity index (χ2v) is 2.48. The molecule has 0 aromatic rings. The highest BCUT2D eigenvalue weighted by molar-refractivity contribution is 5.81. The number of hydrogen-bond donors (Lipinski definition) is 2. The normalized spacial score (nSPS) is 13.1. The van der Waals surface area contributed by atoms with Gasteiger partial charge < -0.3 is 10.6 Å². The Hall–Kier alpha value is -1.75. The molecule has 5 nitrogen and oxygen atoms in total. The third kappa shape index (κ3) is 8.58. The first kappa shape index (κ1) is 13.2. The van der Waals surface area contributed by atoms with E-state index in [0.717, 1.165) is 12.2 Å². The smallest absolute Gasteiger partial charge is 0.0884 e. The fourth-order valence-corrected chi connectivity index (χ4v) is 0.663. The van der Waals surface area contributed by atoms with E-state index < -0.39 is 0 Å². The predicted molar refractivity (Wildman–Crippen MR) is 66.7 cm³/mol. The number of allylic oxidation sites excluding steroid dienone is 2. The number of hydrogen-bond acceptors (Lipinski definition) is 4.